The molecule has 0 saturated carbocycles. The average Bonchev–Trinajstić information content (AvgIpc) is 1.61. The summed E-state index contributed by atoms with van der Waals surface area (Å²) in [6.45, 7) is 7.39. The van der Waals surface area contributed by atoms with Gasteiger partial charge in [-0.3, -0.25) is 0 Å². The molecule has 0 N–H and O–H groups in total. The molecule has 0 aliphatic heterocycles. The molecule has 0 rings (SSSR count). The number of hydrogen-bond donors (Lipinski definition) is 0. The first kappa shape index (κ1) is 16.2. The molecule has 58 valence electrons. The van der Waals surface area contributed by atoms with Crippen LogP contribution in [0.3, 0.4) is 0 Å². The molecule has 0 spiro atoms. The van der Waals surface area contributed by atoms with Gasteiger partial charge in [-0.05, 0) is 0 Å². The summed E-state index contributed by atoms with van der Waals surface area (Å²) in [7, 11) is 0. The van der Waals surface area contributed by atoms with E-state index in [1.165, 1.54) is 12.8 Å². The fourth-order valence-electron chi connectivity index (χ4n) is 0.354. The van der Waals surface area contributed by atoms with E-state index in [2.05, 4.69) is 13.8 Å². The van der Waals surface area contributed by atoms with Gasteiger partial charge in [0.1, 0.15) is 0 Å². The quantitative estimate of drug-likeness (QED) is 0.332. The Morgan fingerprint density at radius 2 is 1.00 bits per heavy atom. The van der Waals surface area contributed by atoms with Gasteiger partial charge in [0.25, 0.3) is 0 Å². The van der Waals surface area contributed by atoms with E-state index in [1.54, 1.807) is 0 Å². The molecular formula is C6H12Au2. The summed E-state index contributed by atoms with van der Waals surface area (Å²) >= 11 is 0. The van der Waals surface area contributed by atoms with Gasteiger partial charge in [0, 0.05) is 0 Å². The van der Waals surface area contributed by atoms with Crippen LogP contribution >= 0.6 is 0 Å². The first-order valence-electron chi connectivity index (χ1n) is 2.50. The van der Waals surface area contributed by atoms with Crippen LogP contribution in [0.15, 0.2) is 0 Å². The largest absolute Gasteiger partial charge is 1.00 e. The summed E-state index contributed by atoms with van der Waals surface area (Å²) in [6, 6.07) is 0. The number of unbranched alkanes of at least 4 members (excludes halogenated alkanes) is 3. The van der Waals surface area contributed by atoms with E-state index in [-0.39, 0.29) is 44.8 Å². The van der Waals surface area contributed by atoms with Gasteiger partial charge >= 0.3 is 44.8 Å². The van der Waals surface area contributed by atoms with E-state index in [9.17, 15) is 0 Å². The van der Waals surface area contributed by atoms with Crippen LogP contribution in [-0.2, 0) is 44.8 Å². The monoisotopic (exact) mass is 478 g/mol. The second-order valence-electron chi connectivity index (χ2n) is 1.41. The normalized spacial score (nSPS) is 6.75. The van der Waals surface area contributed by atoms with Crippen LogP contribution in [-0.4, -0.2) is 0 Å². The van der Waals surface area contributed by atoms with Crippen molar-refractivity contribution in [2.45, 2.75) is 25.7 Å². The molecule has 0 bridgehead atoms. The zero-order valence-corrected chi connectivity index (χ0v) is 9.18. The van der Waals surface area contributed by atoms with Crippen LogP contribution in [0.25, 0.3) is 0 Å². The van der Waals surface area contributed by atoms with E-state index in [0.29, 0.717) is 0 Å². The minimum absolute atomic E-state index is 0. The second-order valence-corrected chi connectivity index (χ2v) is 1.41. The molecule has 0 atom stereocenters. The molecule has 0 aromatic carbocycles. The molecule has 0 heterocycles. The minimum Gasteiger partial charge on any atom is -0.343 e. The zero-order chi connectivity index (χ0) is 4.83. The Morgan fingerprint density at radius 1 is 0.750 bits per heavy atom. The number of hydrogen-bond acceptors (Lipinski definition) is 0. The zero-order valence-electron chi connectivity index (χ0n) is 4.85. The van der Waals surface area contributed by atoms with Crippen molar-refractivity contribution in [2.24, 2.45) is 0 Å². The van der Waals surface area contributed by atoms with Gasteiger partial charge in [0.15, 0.2) is 0 Å². The molecule has 8 heavy (non-hydrogen) atoms. The van der Waals surface area contributed by atoms with Crippen molar-refractivity contribution in [2.75, 3.05) is 0 Å². The SMILES string of the molecule is [Au+].[Au+].[CH2-]CCCC[CH2-]. The van der Waals surface area contributed by atoms with E-state index in [4.69, 9.17) is 0 Å². The molecule has 0 amide bonds. The maximum absolute atomic E-state index is 3.70. The van der Waals surface area contributed by atoms with Crippen molar-refractivity contribution in [3.05, 3.63) is 13.8 Å². The molecule has 0 radical (unpaired) electrons. The van der Waals surface area contributed by atoms with Crippen molar-refractivity contribution < 1.29 is 44.8 Å². The van der Waals surface area contributed by atoms with Crippen LogP contribution in [0.1, 0.15) is 25.7 Å². The molecule has 2 heteroatoms. The van der Waals surface area contributed by atoms with E-state index < -0.39 is 0 Å². The third-order valence-electron chi connectivity index (χ3n) is 0.750. The molecule has 0 aliphatic rings. The Hall–Kier alpha value is 1.48. The van der Waals surface area contributed by atoms with E-state index >= 15 is 0 Å². The smallest absolute Gasteiger partial charge is 0.343 e. The van der Waals surface area contributed by atoms with Crippen LogP contribution in [0.2, 0.25) is 0 Å². The van der Waals surface area contributed by atoms with Gasteiger partial charge in [0.2, 0.25) is 0 Å². The van der Waals surface area contributed by atoms with E-state index in [1.807, 2.05) is 0 Å². The Labute approximate surface area is 83.8 Å². The van der Waals surface area contributed by atoms with Crippen LogP contribution in [0.5, 0.6) is 0 Å². The molecule has 0 saturated heterocycles. The summed E-state index contributed by atoms with van der Waals surface area (Å²) in [5, 5.41) is 0. The molecule has 0 aromatic heterocycles. The third-order valence-corrected chi connectivity index (χ3v) is 0.750. The van der Waals surface area contributed by atoms with E-state index in [0.717, 1.165) is 12.8 Å². The second kappa shape index (κ2) is 15.8. The average molecular weight is 478 g/mol. The molecule has 0 aromatic rings. The van der Waals surface area contributed by atoms with Gasteiger partial charge in [-0.15, -0.1) is 0 Å². The van der Waals surface area contributed by atoms with Crippen LogP contribution in [0, 0.1) is 13.8 Å². The van der Waals surface area contributed by atoms with Gasteiger partial charge in [-0.2, -0.15) is 12.8 Å². The van der Waals surface area contributed by atoms with Gasteiger partial charge in [-0.25, -0.2) is 0 Å². The van der Waals surface area contributed by atoms with Gasteiger partial charge < -0.3 is 13.8 Å². The maximum Gasteiger partial charge on any atom is 1.00 e. The Morgan fingerprint density at radius 3 is 1.12 bits per heavy atom. The van der Waals surface area contributed by atoms with Crippen LogP contribution in [0.4, 0.5) is 0 Å². The fourth-order valence-corrected chi connectivity index (χ4v) is 0.354. The van der Waals surface area contributed by atoms with Gasteiger partial charge in [0.05, 0.1) is 0 Å². The molecule has 0 aliphatic carbocycles. The molecule has 0 unspecified atom stereocenters. The predicted molar refractivity (Wildman–Crippen MR) is 29.2 cm³/mol. The summed E-state index contributed by atoms with van der Waals surface area (Å²) < 4.78 is 0. The molecule has 0 nitrogen and oxygen atoms in total. The molecule has 0 fully saturated rings. The Balaban J connectivity index is -0.000000125. The predicted octanol–water partition coefficient (Wildman–Crippen LogP) is 2.21. The Kier molecular flexibility index (Phi) is 32.1. The maximum atomic E-state index is 3.70. The first-order chi connectivity index (χ1) is 2.91. The van der Waals surface area contributed by atoms with Crippen molar-refractivity contribution in [3.63, 3.8) is 0 Å². The Bertz CT molecular complexity index is 18.5. The minimum atomic E-state index is 0. The van der Waals surface area contributed by atoms with Crippen molar-refractivity contribution in [1.29, 1.82) is 0 Å². The number of rotatable bonds is 3. The van der Waals surface area contributed by atoms with Crippen LogP contribution < -0.4 is 0 Å². The third kappa shape index (κ3) is 15.6. The summed E-state index contributed by atoms with van der Waals surface area (Å²) in [5.41, 5.74) is 0. The molecular weight excluding hydrogens is 466 g/mol. The standard InChI is InChI=1S/C6H12.2Au/c1-3-5-6-4-2;;/h1-6H2;;/q-2;2*+1. The van der Waals surface area contributed by atoms with Gasteiger partial charge in [-0.1, -0.05) is 12.8 Å². The summed E-state index contributed by atoms with van der Waals surface area (Å²) in [4.78, 5) is 0. The summed E-state index contributed by atoms with van der Waals surface area (Å²) in [5.74, 6) is 0. The van der Waals surface area contributed by atoms with Crippen molar-refractivity contribution in [3.8, 4) is 0 Å². The van der Waals surface area contributed by atoms with Crippen molar-refractivity contribution in [1.82, 2.24) is 0 Å². The van der Waals surface area contributed by atoms with Crippen molar-refractivity contribution >= 4 is 0 Å². The fraction of sp³-hybridized carbons (Fsp3) is 0.667. The summed E-state index contributed by atoms with van der Waals surface area (Å²) in [6.07, 6.45) is 4.61. The first-order valence-corrected chi connectivity index (χ1v) is 2.50. The topological polar surface area (TPSA) is 0 Å².